The molecule has 0 fully saturated rings. The number of aryl methyl sites for hydroxylation is 1. The largest absolute Gasteiger partial charge is 0.333 e. The first-order valence-electron chi connectivity index (χ1n) is 19.1. The molecule has 0 saturated carbocycles. The zero-order valence-electron chi connectivity index (χ0n) is 30.5. The molecule has 55 heavy (non-hydrogen) atoms. The Kier molecular flexibility index (Phi) is 7.30. The zero-order chi connectivity index (χ0) is 36.6. The normalized spacial score (nSPS) is 16.5. The van der Waals surface area contributed by atoms with Crippen LogP contribution >= 0.6 is 11.3 Å². The van der Waals surface area contributed by atoms with Crippen molar-refractivity contribution in [1.82, 2.24) is 0 Å². The Morgan fingerprint density at radius 1 is 0.655 bits per heavy atom. The number of thiophene rings is 1. The predicted octanol–water partition coefficient (Wildman–Crippen LogP) is 14.8. The monoisotopic (exact) mass is 719 g/mol. The molecular weight excluding hydrogens is 683 g/mol. The van der Waals surface area contributed by atoms with E-state index in [4.69, 9.17) is 0 Å². The lowest BCUT2D eigenvalue weighted by Gasteiger charge is -2.31. The second-order valence-corrected chi connectivity index (χ2v) is 16.0. The molecule has 0 N–H and O–H groups in total. The first-order chi connectivity index (χ1) is 27.1. The Bertz CT molecular complexity index is 3050. The van der Waals surface area contributed by atoms with Gasteiger partial charge in [0.2, 0.25) is 0 Å². The van der Waals surface area contributed by atoms with Crippen LogP contribution in [0.1, 0.15) is 33.0 Å². The van der Waals surface area contributed by atoms with Gasteiger partial charge in [-0.2, -0.15) is 0 Å². The van der Waals surface area contributed by atoms with Gasteiger partial charge in [-0.25, -0.2) is 0 Å². The first-order valence-corrected chi connectivity index (χ1v) is 19.9. The summed E-state index contributed by atoms with van der Waals surface area (Å²) in [6.45, 7) is 6.65. The lowest BCUT2D eigenvalue weighted by atomic mass is 9.85. The first kappa shape index (κ1) is 32.0. The molecular formula is C53H37NS. The average Bonchev–Trinajstić information content (AvgIpc) is 3.75. The molecule has 260 valence electrons. The zero-order valence-corrected chi connectivity index (χ0v) is 31.4. The second kappa shape index (κ2) is 12.6. The van der Waals surface area contributed by atoms with Crippen LogP contribution in [-0.2, 0) is 0 Å². The SMILES string of the molecule is C=C(/C=C\c1sc2c(C3=CC4c5ccccc5N(c5ccc6ccc7cccc8ccc5c6c78)C4C=C3)cc(-c3ccccc3)cc2c1C)c1ccccc1. The van der Waals surface area contributed by atoms with Crippen LogP contribution in [0.4, 0.5) is 11.4 Å². The Labute approximate surface area is 325 Å². The van der Waals surface area contributed by atoms with Gasteiger partial charge in [-0.1, -0.05) is 158 Å². The highest BCUT2D eigenvalue weighted by atomic mass is 32.1. The minimum atomic E-state index is 0.167. The smallest absolute Gasteiger partial charge is 0.0630 e. The molecule has 1 nitrogen and oxygen atoms in total. The molecule has 1 aliphatic heterocycles. The van der Waals surface area contributed by atoms with Crippen molar-refractivity contribution in [2.75, 3.05) is 4.90 Å². The second-order valence-electron chi connectivity index (χ2n) is 14.9. The molecule has 1 aliphatic carbocycles. The summed E-state index contributed by atoms with van der Waals surface area (Å²) in [6, 6.07) is 55.8. The summed E-state index contributed by atoms with van der Waals surface area (Å²) in [5.41, 5.74) is 12.4. The fraction of sp³-hybridized carbons (Fsp3) is 0.0566. The van der Waals surface area contributed by atoms with E-state index in [1.807, 2.05) is 17.4 Å². The summed E-state index contributed by atoms with van der Waals surface area (Å²) in [5.74, 6) is 0.208. The Balaban J connectivity index is 1.05. The van der Waals surface area contributed by atoms with Crippen molar-refractivity contribution >= 4 is 82.3 Å². The average molecular weight is 720 g/mol. The summed E-state index contributed by atoms with van der Waals surface area (Å²) in [7, 11) is 0. The highest BCUT2D eigenvalue weighted by molar-refractivity contribution is 7.20. The summed E-state index contributed by atoms with van der Waals surface area (Å²) in [4.78, 5) is 3.87. The fourth-order valence-electron chi connectivity index (χ4n) is 9.17. The molecule has 0 amide bonds. The number of nitrogens with zero attached hydrogens (tertiary/aromatic N) is 1. The van der Waals surface area contributed by atoms with Crippen LogP contribution in [-0.4, -0.2) is 6.04 Å². The number of anilines is 2. The van der Waals surface area contributed by atoms with Crippen LogP contribution in [0.2, 0.25) is 0 Å². The van der Waals surface area contributed by atoms with Crippen LogP contribution in [0.25, 0.3) is 70.8 Å². The number of hydrogen-bond acceptors (Lipinski definition) is 2. The number of para-hydroxylation sites is 1. The van der Waals surface area contributed by atoms with Gasteiger partial charge < -0.3 is 4.90 Å². The lowest BCUT2D eigenvalue weighted by Crippen LogP contribution is -2.29. The number of hydrogen-bond donors (Lipinski definition) is 0. The van der Waals surface area contributed by atoms with E-state index in [2.05, 4.69) is 194 Å². The van der Waals surface area contributed by atoms with E-state index in [-0.39, 0.29) is 12.0 Å². The highest BCUT2D eigenvalue weighted by Gasteiger charge is 2.39. The van der Waals surface area contributed by atoms with Crippen molar-refractivity contribution in [1.29, 1.82) is 0 Å². The lowest BCUT2D eigenvalue weighted by molar-refractivity contribution is 0.749. The Hall–Kier alpha value is -6.48. The van der Waals surface area contributed by atoms with Crippen LogP contribution in [0.15, 0.2) is 183 Å². The van der Waals surface area contributed by atoms with E-state index >= 15 is 0 Å². The van der Waals surface area contributed by atoms with E-state index < -0.39 is 0 Å². The molecule has 0 bridgehead atoms. The van der Waals surface area contributed by atoms with Crippen molar-refractivity contribution in [3.63, 3.8) is 0 Å². The van der Waals surface area contributed by atoms with Crippen molar-refractivity contribution < 1.29 is 0 Å². The maximum atomic E-state index is 4.38. The van der Waals surface area contributed by atoms with Crippen LogP contribution < -0.4 is 4.90 Å². The standard InChI is InChI=1S/C53H37NS/c1-33(35-12-5-3-6-13-35)20-29-50-34(2)44-31-41(36-14-7-4-8-15-36)32-45(53(44)55-50)40-25-28-49-46(30-40)42-18-9-10-19-47(42)54(49)48-27-24-39-22-21-37-16-11-17-38-23-26-43(48)52(39)51(37)38/h3-32,46,49H,1H2,2H3/b29-20-. The Morgan fingerprint density at radius 3 is 2.18 bits per heavy atom. The van der Waals surface area contributed by atoms with Gasteiger partial charge >= 0.3 is 0 Å². The van der Waals surface area contributed by atoms with Gasteiger partial charge in [0.25, 0.3) is 0 Å². The fourth-order valence-corrected chi connectivity index (χ4v) is 10.4. The third-order valence-corrected chi connectivity index (χ3v) is 13.2. The van der Waals surface area contributed by atoms with Crippen LogP contribution in [0.5, 0.6) is 0 Å². The van der Waals surface area contributed by atoms with E-state index in [1.165, 1.54) is 92.0 Å². The summed E-state index contributed by atoms with van der Waals surface area (Å²) in [6.07, 6.45) is 11.8. The summed E-state index contributed by atoms with van der Waals surface area (Å²) < 4.78 is 1.33. The topological polar surface area (TPSA) is 3.24 Å². The van der Waals surface area contributed by atoms with Gasteiger partial charge in [0.15, 0.2) is 0 Å². The molecule has 11 rings (SSSR count). The molecule has 2 unspecified atom stereocenters. The third kappa shape index (κ3) is 5.06. The minimum Gasteiger partial charge on any atom is -0.333 e. The van der Waals surface area contributed by atoms with Gasteiger partial charge in [-0.05, 0) is 114 Å². The molecule has 2 heterocycles. The van der Waals surface area contributed by atoms with Crippen molar-refractivity contribution in [3.05, 3.63) is 210 Å². The van der Waals surface area contributed by atoms with Crippen LogP contribution in [0.3, 0.4) is 0 Å². The number of rotatable bonds is 6. The molecule has 2 aliphatic rings. The minimum absolute atomic E-state index is 0.167. The van der Waals surface area contributed by atoms with Crippen molar-refractivity contribution in [3.8, 4) is 11.1 Å². The Morgan fingerprint density at radius 2 is 1.36 bits per heavy atom. The molecule has 9 aromatic rings. The third-order valence-electron chi connectivity index (χ3n) is 11.9. The van der Waals surface area contributed by atoms with Gasteiger partial charge in [0.05, 0.1) is 6.04 Å². The van der Waals surface area contributed by atoms with Crippen molar-refractivity contribution in [2.24, 2.45) is 0 Å². The van der Waals surface area contributed by atoms with Gasteiger partial charge in [-0.15, -0.1) is 11.3 Å². The predicted molar refractivity (Wildman–Crippen MR) is 239 cm³/mol. The maximum Gasteiger partial charge on any atom is 0.0630 e. The summed E-state index contributed by atoms with van der Waals surface area (Å²) in [5, 5.41) is 9.22. The van der Waals surface area contributed by atoms with Crippen LogP contribution in [0, 0.1) is 6.92 Å². The van der Waals surface area contributed by atoms with E-state index in [0.29, 0.717) is 0 Å². The molecule has 2 atom stereocenters. The quantitative estimate of drug-likeness (QED) is 0.122. The van der Waals surface area contributed by atoms with E-state index in [9.17, 15) is 0 Å². The van der Waals surface area contributed by atoms with E-state index in [0.717, 1.165) is 11.1 Å². The van der Waals surface area contributed by atoms with Gasteiger partial charge in [0, 0.05) is 32.3 Å². The number of allylic oxidation sites excluding steroid dienone is 4. The van der Waals surface area contributed by atoms with Crippen molar-refractivity contribution in [2.45, 2.75) is 18.9 Å². The molecule has 1 aromatic heterocycles. The number of fused-ring (bicyclic) bond motifs is 4. The molecule has 8 aromatic carbocycles. The molecule has 0 radical (unpaired) electrons. The van der Waals surface area contributed by atoms with E-state index in [1.54, 1.807) is 0 Å². The molecule has 0 saturated heterocycles. The summed E-state index contributed by atoms with van der Waals surface area (Å²) >= 11 is 1.89. The maximum absolute atomic E-state index is 4.38. The number of benzene rings is 8. The molecule has 2 heteroatoms. The van der Waals surface area contributed by atoms with Gasteiger partial charge in [-0.3, -0.25) is 0 Å². The highest BCUT2D eigenvalue weighted by Crippen LogP contribution is 2.52. The van der Waals surface area contributed by atoms with Gasteiger partial charge in [0.1, 0.15) is 0 Å². The molecule has 0 spiro atoms.